The fourth-order valence-electron chi connectivity index (χ4n) is 2.28. The summed E-state index contributed by atoms with van der Waals surface area (Å²) in [7, 11) is 0. The number of rotatable bonds is 2. The number of ether oxygens (including phenoxy) is 1. The summed E-state index contributed by atoms with van der Waals surface area (Å²) in [6.45, 7) is 0.576. The fraction of sp³-hybridized carbons (Fsp3) is 0.667. The Morgan fingerprint density at radius 2 is 2.42 bits per heavy atom. The Balaban J connectivity index is 2.09. The largest absolute Gasteiger partial charge is 0.464 e. The molecule has 0 heterocycles. The van der Waals surface area contributed by atoms with E-state index in [4.69, 9.17) is 4.74 Å². The normalized spacial score (nSPS) is 39.1. The van der Waals surface area contributed by atoms with E-state index in [1.807, 2.05) is 0 Å². The fourth-order valence-corrected chi connectivity index (χ4v) is 3.08. The van der Waals surface area contributed by atoms with Crippen molar-refractivity contribution >= 4 is 22.4 Å². The number of hydrogen-bond acceptors (Lipinski definition) is 2. The summed E-state index contributed by atoms with van der Waals surface area (Å²) in [5.41, 5.74) is 0. The minimum Gasteiger partial charge on any atom is -0.464 e. The van der Waals surface area contributed by atoms with Gasteiger partial charge in [0, 0.05) is 5.92 Å². The van der Waals surface area contributed by atoms with Crippen LogP contribution in [0.3, 0.4) is 0 Å². The first kappa shape index (κ1) is 8.30. The maximum Gasteiger partial charge on any atom is 0.293 e. The summed E-state index contributed by atoms with van der Waals surface area (Å²) in [5, 5.41) is 0. The van der Waals surface area contributed by atoms with Crippen molar-refractivity contribution in [2.45, 2.75) is 25.4 Å². The minimum atomic E-state index is 0.141. The molecule has 1 saturated carbocycles. The molecule has 0 spiro atoms. The molecule has 1 fully saturated rings. The third-order valence-electron chi connectivity index (χ3n) is 2.76. The van der Waals surface area contributed by atoms with Gasteiger partial charge in [0.25, 0.3) is 6.47 Å². The van der Waals surface area contributed by atoms with E-state index in [0.29, 0.717) is 12.4 Å². The van der Waals surface area contributed by atoms with Crippen LogP contribution in [0, 0.1) is 11.8 Å². The van der Waals surface area contributed by atoms with E-state index in [1.165, 1.54) is 10.9 Å². The molecule has 3 heteroatoms. The van der Waals surface area contributed by atoms with Gasteiger partial charge in [-0.3, -0.25) is 4.79 Å². The van der Waals surface area contributed by atoms with Crippen LogP contribution in [-0.2, 0) is 9.53 Å². The zero-order valence-electron chi connectivity index (χ0n) is 6.70. The quantitative estimate of drug-likeness (QED) is 0.681. The highest BCUT2D eigenvalue weighted by molar-refractivity contribution is 9.11. The van der Waals surface area contributed by atoms with Gasteiger partial charge in [0.1, 0.15) is 6.10 Å². The van der Waals surface area contributed by atoms with Crippen molar-refractivity contribution < 1.29 is 9.53 Å². The van der Waals surface area contributed by atoms with Crippen molar-refractivity contribution in [3.63, 3.8) is 0 Å². The average Bonchev–Trinajstić information content (AvgIpc) is 2.28. The minimum absolute atomic E-state index is 0.141. The Bertz CT molecular complexity index is 225. The van der Waals surface area contributed by atoms with E-state index in [1.54, 1.807) is 0 Å². The summed E-state index contributed by atoms with van der Waals surface area (Å²) in [4.78, 5) is 10.2. The highest BCUT2D eigenvalue weighted by Crippen LogP contribution is 2.43. The smallest absolute Gasteiger partial charge is 0.293 e. The summed E-state index contributed by atoms with van der Waals surface area (Å²) in [6.07, 6.45) is 5.68. The molecule has 0 amide bonds. The van der Waals surface area contributed by atoms with Gasteiger partial charge in [0.2, 0.25) is 0 Å². The predicted octanol–water partition coefficient (Wildman–Crippen LogP) is 2.24. The first-order valence-corrected chi connectivity index (χ1v) is 5.04. The molecule has 0 radical (unpaired) electrons. The topological polar surface area (TPSA) is 26.3 Å². The van der Waals surface area contributed by atoms with Gasteiger partial charge >= 0.3 is 0 Å². The van der Waals surface area contributed by atoms with Gasteiger partial charge in [-0.15, -0.1) is 0 Å². The highest BCUT2D eigenvalue weighted by Gasteiger charge is 2.37. The van der Waals surface area contributed by atoms with Gasteiger partial charge in [0.15, 0.2) is 0 Å². The first-order valence-electron chi connectivity index (χ1n) is 4.25. The van der Waals surface area contributed by atoms with Crippen LogP contribution in [0.2, 0.25) is 0 Å². The monoisotopic (exact) mass is 230 g/mol. The van der Waals surface area contributed by atoms with Crippen LogP contribution in [0.25, 0.3) is 0 Å². The molecular formula is C9H11BrO2. The van der Waals surface area contributed by atoms with E-state index < -0.39 is 0 Å². The molecular weight excluding hydrogens is 220 g/mol. The van der Waals surface area contributed by atoms with Crippen molar-refractivity contribution in [2.75, 3.05) is 0 Å². The second-order valence-corrected chi connectivity index (χ2v) is 4.61. The van der Waals surface area contributed by atoms with Crippen LogP contribution in [0.4, 0.5) is 0 Å². The molecule has 2 nitrogen and oxygen atoms in total. The van der Waals surface area contributed by atoms with Crippen LogP contribution in [0.1, 0.15) is 19.3 Å². The predicted molar refractivity (Wildman–Crippen MR) is 48.8 cm³/mol. The van der Waals surface area contributed by atoms with Crippen molar-refractivity contribution in [3.8, 4) is 0 Å². The molecule has 0 aromatic rings. The van der Waals surface area contributed by atoms with E-state index >= 15 is 0 Å². The lowest BCUT2D eigenvalue weighted by Gasteiger charge is -2.16. The second kappa shape index (κ2) is 3.21. The molecule has 12 heavy (non-hydrogen) atoms. The molecule has 0 aliphatic heterocycles. The Kier molecular flexibility index (Phi) is 2.22. The standard InChI is InChI=1S/C9H11BrO2/c10-8-2-6-1-7(4-8)9(3-6)12-5-11/h4-7,9H,1-3H2/t6-,7+,9+/m1/s1. The van der Waals surface area contributed by atoms with Crippen LogP contribution in [0.15, 0.2) is 10.6 Å². The number of carbonyl (C=O) groups is 1. The lowest BCUT2D eigenvalue weighted by atomic mass is 9.95. The number of hydrogen-bond donors (Lipinski definition) is 0. The Morgan fingerprint density at radius 3 is 3.17 bits per heavy atom. The molecule has 2 aliphatic carbocycles. The molecule has 66 valence electrons. The lowest BCUT2D eigenvalue weighted by molar-refractivity contribution is -0.134. The molecule has 0 aromatic carbocycles. The second-order valence-electron chi connectivity index (χ2n) is 3.59. The average molecular weight is 231 g/mol. The molecule has 0 saturated heterocycles. The molecule has 0 aromatic heterocycles. The highest BCUT2D eigenvalue weighted by atomic mass is 79.9. The maximum absolute atomic E-state index is 10.2. The third kappa shape index (κ3) is 1.42. The van der Waals surface area contributed by atoms with Crippen LogP contribution in [-0.4, -0.2) is 12.6 Å². The lowest BCUT2D eigenvalue weighted by Crippen LogP contribution is -2.15. The SMILES string of the molecule is O=CO[C@H]1C[C@H]2CC(Br)=C[C@@H]1C2. The first-order chi connectivity index (χ1) is 5.79. The van der Waals surface area contributed by atoms with E-state index in [-0.39, 0.29) is 6.10 Å². The molecule has 2 rings (SSSR count). The Morgan fingerprint density at radius 1 is 1.58 bits per heavy atom. The van der Waals surface area contributed by atoms with Crippen molar-refractivity contribution in [3.05, 3.63) is 10.6 Å². The van der Waals surface area contributed by atoms with E-state index in [9.17, 15) is 4.79 Å². The van der Waals surface area contributed by atoms with E-state index in [0.717, 1.165) is 18.8 Å². The van der Waals surface area contributed by atoms with Gasteiger partial charge in [0.05, 0.1) is 0 Å². The summed E-state index contributed by atoms with van der Waals surface area (Å²) >= 11 is 3.50. The zero-order valence-corrected chi connectivity index (χ0v) is 8.29. The Hall–Kier alpha value is -0.310. The number of halogens is 1. The van der Waals surface area contributed by atoms with E-state index in [2.05, 4.69) is 22.0 Å². The van der Waals surface area contributed by atoms with Crippen molar-refractivity contribution in [1.82, 2.24) is 0 Å². The maximum atomic E-state index is 10.2. The van der Waals surface area contributed by atoms with Gasteiger partial charge < -0.3 is 4.74 Å². The van der Waals surface area contributed by atoms with Crippen LogP contribution in [0.5, 0.6) is 0 Å². The molecule has 0 unspecified atom stereocenters. The van der Waals surface area contributed by atoms with Gasteiger partial charge in [-0.1, -0.05) is 22.0 Å². The number of carbonyl (C=O) groups excluding carboxylic acids is 1. The summed E-state index contributed by atoms with van der Waals surface area (Å²) in [6, 6.07) is 0. The molecule has 2 bridgehead atoms. The number of allylic oxidation sites excluding steroid dienone is 1. The summed E-state index contributed by atoms with van der Waals surface area (Å²) < 4.78 is 6.30. The number of fused-ring (bicyclic) bond motifs is 2. The van der Waals surface area contributed by atoms with Crippen LogP contribution < -0.4 is 0 Å². The van der Waals surface area contributed by atoms with Gasteiger partial charge in [-0.25, -0.2) is 0 Å². The molecule has 0 N–H and O–H groups in total. The van der Waals surface area contributed by atoms with Crippen LogP contribution >= 0.6 is 15.9 Å². The zero-order chi connectivity index (χ0) is 8.55. The molecule has 2 aliphatic rings. The Labute approximate surface area is 80.1 Å². The van der Waals surface area contributed by atoms with Gasteiger partial charge in [-0.2, -0.15) is 0 Å². The van der Waals surface area contributed by atoms with Gasteiger partial charge in [-0.05, 0) is 29.7 Å². The summed E-state index contributed by atoms with van der Waals surface area (Å²) in [5.74, 6) is 1.18. The van der Waals surface area contributed by atoms with Crippen molar-refractivity contribution in [1.29, 1.82) is 0 Å². The molecule has 3 atom stereocenters. The van der Waals surface area contributed by atoms with Crippen molar-refractivity contribution in [2.24, 2.45) is 11.8 Å². The third-order valence-corrected chi connectivity index (χ3v) is 3.35.